The molecular weight excluding hydrogens is 317 g/mol. The van der Waals surface area contributed by atoms with Crippen molar-refractivity contribution in [2.45, 2.75) is 25.7 Å². The molecule has 2 fully saturated rings. The number of likely N-dealkylation sites (tertiary alicyclic amines) is 1. The van der Waals surface area contributed by atoms with Gasteiger partial charge in [0.05, 0.1) is 6.42 Å². The van der Waals surface area contributed by atoms with Crippen molar-refractivity contribution >= 4 is 5.91 Å². The van der Waals surface area contributed by atoms with Crippen LogP contribution in [0, 0.1) is 23.6 Å². The van der Waals surface area contributed by atoms with E-state index < -0.39 is 0 Å². The van der Waals surface area contributed by atoms with Gasteiger partial charge in [0.25, 0.3) is 0 Å². The summed E-state index contributed by atoms with van der Waals surface area (Å²) in [4.78, 5) is 22.8. The lowest BCUT2D eigenvalue weighted by molar-refractivity contribution is -0.129. The second-order valence-electron chi connectivity index (χ2n) is 7.31. The van der Waals surface area contributed by atoms with Crippen LogP contribution in [-0.4, -0.2) is 33.9 Å². The molecule has 2 heterocycles. The summed E-state index contributed by atoms with van der Waals surface area (Å²) in [6.45, 7) is 1.72. The molecule has 1 aromatic carbocycles. The van der Waals surface area contributed by atoms with E-state index in [4.69, 9.17) is 0 Å². The van der Waals surface area contributed by atoms with Crippen molar-refractivity contribution < 1.29 is 9.18 Å². The minimum absolute atomic E-state index is 0.155. The third kappa shape index (κ3) is 3.55. The Morgan fingerprint density at radius 3 is 2.60 bits per heavy atom. The van der Waals surface area contributed by atoms with Crippen LogP contribution >= 0.6 is 0 Å². The van der Waals surface area contributed by atoms with Crippen LogP contribution < -0.4 is 0 Å². The van der Waals surface area contributed by atoms with E-state index in [-0.39, 0.29) is 11.7 Å². The van der Waals surface area contributed by atoms with Crippen molar-refractivity contribution in [2.24, 2.45) is 17.8 Å². The van der Waals surface area contributed by atoms with Gasteiger partial charge >= 0.3 is 0 Å². The molecule has 1 amide bonds. The zero-order valence-corrected chi connectivity index (χ0v) is 14.1. The summed E-state index contributed by atoms with van der Waals surface area (Å²) in [5, 5.41) is 0. The van der Waals surface area contributed by atoms with Crippen LogP contribution in [0.15, 0.2) is 43.0 Å². The van der Waals surface area contributed by atoms with Crippen LogP contribution in [0.1, 0.15) is 24.0 Å². The number of halogens is 1. The van der Waals surface area contributed by atoms with Gasteiger partial charge in [0.1, 0.15) is 12.1 Å². The fourth-order valence-electron chi connectivity index (χ4n) is 4.46. The summed E-state index contributed by atoms with van der Waals surface area (Å²) in [5.74, 6) is 1.70. The Morgan fingerprint density at radius 1 is 1.08 bits per heavy atom. The summed E-state index contributed by atoms with van der Waals surface area (Å²) >= 11 is 0. The summed E-state index contributed by atoms with van der Waals surface area (Å²) in [6, 6.07) is 6.23. The van der Waals surface area contributed by atoms with Crippen molar-refractivity contribution in [3.05, 3.63) is 59.9 Å². The molecule has 1 saturated carbocycles. The third-order valence-electron chi connectivity index (χ3n) is 5.74. The first kappa shape index (κ1) is 16.2. The van der Waals surface area contributed by atoms with E-state index in [1.54, 1.807) is 18.5 Å². The van der Waals surface area contributed by atoms with E-state index in [9.17, 15) is 9.18 Å². The first-order valence-corrected chi connectivity index (χ1v) is 8.95. The van der Waals surface area contributed by atoms with E-state index in [1.165, 1.54) is 30.5 Å². The average molecular weight is 339 g/mol. The topological polar surface area (TPSA) is 46.1 Å². The molecule has 0 unspecified atom stereocenters. The highest BCUT2D eigenvalue weighted by atomic mass is 19.1. The van der Waals surface area contributed by atoms with Crippen LogP contribution in [0.2, 0.25) is 0 Å². The smallest absolute Gasteiger partial charge is 0.227 e. The molecule has 0 spiro atoms. The zero-order chi connectivity index (χ0) is 17.2. The summed E-state index contributed by atoms with van der Waals surface area (Å²) in [7, 11) is 0. The average Bonchev–Trinajstić information content (AvgIpc) is 3.20. The van der Waals surface area contributed by atoms with Crippen molar-refractivity contribution in [3.8, 4) is 0 Å². The molecule has 4 rings (SSSR count). The van der Waals surface area contributed by atoms with E-state index in [0.717, 1.165) is 25.1 Å². The Morgan fingerprint density at radius 2 is 1.84 bits per heavy atom. The maximum absolute atomic E-state index is 13.0. The van der Waals surface area contributed by atoms with Gasteiger partial charge in [-0.25, -0.2) is 14.4 Å². The molecule has 4 nitrogen and oxygen atoms in total. The quantitative estimate of drug-likeness (QED) is 0.860. The molecule has 130 valence electrons. The van der Waals surface area contributed by atoms with E-state index >= 15 is 0 Å². The molecule has 0 radical (unpaired) electrons. The maximum Gasteiger partial charge on any atom is 0.227 e. The Hall–Kier alpha value is -2.30. The lowest BCUT2D eigenvalue weighted by atomic mass is 9.88. The highest BCUT2D eigenvalue weighted by Crippen LogP contribution is 2.43. The van der Waals surface area contributed by atoms with Gasteiger partial charge in [0, 0.05) is 25.5 Å². The van der Waals surface area contributed by atoms with Crippen molar-refractivity contribution in [2.75, 3.05) is 13.1 Å². The van der Waals surface area contributed by atoms with E-state index in [2.05, 4.69) is 9.97 Å². The molecule has 2 aliphatic rings. The monoisotopic (exact) mass is 339 g/mol. The van der Waals surface area contributed by atoms with Crippen LogP contribution in [0.5, 0.6) is 0 Å². The number of hydrogen-bond acceptors (Lipinski definition) is 3. The number of carbonyl (C=O) groups is 1. The Kier molecular flexibility index (Phi) is 4.47. The number of hydrogen-bond donors (Lipinski definition) is 0. The molecule has 3 atom stereocenters. The number of amides is 1. The normalized spacial score (nSPS) is 25.2. The largest absolute Gasteiger partial charge is 0.342 e. The van der Waals surface area contributed by atoms with Gasteiger partial charge in [0.2, 0.25) is 5.91 Å². The molecule has 2 aromatic rings. The standard InChI is InChI=1S/C20H22FN3O/c21-18-5-1-14(2-6-18)8-20(25)24-11-17-4-3-16(19(17)12-24)7-15-9-22-13-23-10-15/h1-2,5-6,9-10,13,16-17,19H,3-4,7-8,11-12H2/t16-,17-,19-/m1/s1. The second kappa shape index (κ2) is 6.90. The summed E-state index contributed by atoms with van der Waals surface area (Å²) in [6.07, 6.45) is 9.14. The Balaban J connectivity index is 1.37. The van der Waals surface area contributed by atoms with Crippen molar-refractivity contribution in [3.63, 3.8) is 0 Å². The summed E-state index contributed by atoms with van der Waals surface area (Å²) < 4.78 is 13.0. The van der Waals surface area contributed by atoms with Crippen LogP contribution in [0.3, 0.4) is 0 Å². The molecule has 5 heteroatoms. The third-order valence-corrected chi connectivity index (χ3v) is 5.74. The number of nitrogens with zero attached hydrogens (tertiary/aromatic N) is 3. The van der Waals surface area contributed by atoms with Gasteiger partial charge < -0.3 is 4.90 Å². The molecule has 1 saturated heterocycles. The lowest BCUT2D eigenvalue weighted by Gasteiger charge is -2.21. The second-order valence-corrected chi connectivity index (χ2v) is 7.31. The van der Waals surface area contributed by atoms with Crippen molar-refractivity contribution in [1.82, 2.24) is 14.9 Å². The van der Waals surface area contributed by atoms with Gasteiger partial charge in [-0.15, -0.1) is 0 Å². The van der Waals surface area contributed by atoms with Crippen LogP contribution in [-0.2, 0) is 17.6 Å². The minimum atomic E-state index is -0.264. The van der Waals surface area contributed by atoms with Crippen molar-refractivity contribution in [1.29, 1.82) is 0 Å². The fraction of sp³-hybridized carbons (Fsp3) is 0.450. The highest BCUT2D eigenvalue weighted by molar-refractivity contribution is 5.79. The van der Waals surface area contributed by atoms with E-state index in [0.29, 0.717) is 24.2 Å². The Bertz CT molecular complexity index is 734. The molecule has 1 aliphatic heterocycles. The molecule has 0 N–H and O–H groups in total. The first-order chi connectivity index (χ1) is 12.2. The molecular formula is C20H22FN3O. The first-order valence-electron chi connectivity index (χ1n) is 8.95. The van der Waals surface area contributed by atoms with Gasteiger partial charge in [-0.2, -0.15) is 0 Å². The number of benzene rings is 1. The van der Waals surface area contributed by atoms with Gasteiger partial charge in [-0.3, -0.25) is 4.79 Å². The number of rotatable bonds is 4. The van der Waals surface area contributed by atoms with Crippen LogP contribution in [0.4, 0.5) is 4.39 Å². The number of carbonyl (C=O) groups excluding carboxylic acids is 1. The molecule has 1 aromatic heterocycles. The zero-order valence-electron chi connectivity index (χ0n) is 14.1. The van der Waals surface area contributed by atoms with E-state index in [1.807, 2.05) is 17.3 Å². The maximum atomic E-state index is 13.0. The van der Waals surface area contributed by atoms with Gasteiger partial charge in [-0.05, 0) is 60.3 Å². The Labute approximate surface area is 147 Å². The lowest BCUT2D eigenvalue weighted by Crippen LogP contribution is -2.31. The predicted octanol–water partition coefficient (Wildman–Crippen LogP) is 2.89. The minimum Gasteiger partial charge on any atom is -0.342 e. The van der Waals surface area contributed by atoms with Gasteiger partial charge in [-0.1, -0.05) is 12.1 Å². The SMILES string of the molecule is O=C(Cc1ccc(F)cc1)N1C[C@H]2CC[C@H](Cc3cncnc3)[C@H]2C1. The van der Waals surface area contributed by atoms with Crippen LogP contribution in [0.25, 0.3) is 0 Å². The number of fused-ring (bicyclic) bond motifs is 1. The van der Waals surface area contributed by atoms with Gasteiger partial charge in [0.15, 0.2) is 0 Å². The highest BCUT2D eigenvalue weighted by Gasteiger charge is 2.43. The molecule has 0 bridgehead atoms. The fourth-order valence-corrected chi connectivity index (χ4v) is 4.46. The number of aromatic nitrogens is 2. The molecule has 25 heavy (non-hydrogen) atoms. The molecule has 1 aliphatic carbocycles. The predicted molar refractivity (Wildman–Crippen MR) is 92.1 cm³/mol. The summed E-state index contributed by atoms with van der Waals surface area (Å²) in [5.41, 5.74) is 2.06.